The van der Waals surface area contributed by atoms with Gasteiger partial charge >= 0.3 is 0 Å². The molecule has 0 aliphatic heterocycles. The number of nitrogens with one attached hydrogen (secondary N) is 1. The van der Waals surface area contributed by atoms with Crippen LogP contribution in [-0.2, 0) is 6.54 Å². The lowest BCUT2D eigenvalue weighted by atomic mass is 10.0. The molecule has 2 rings (SSSR count). The molecule has 4 nitrogen and oxygen atoms in total. The van der Waals surface area contributed by atoms with Gasteiger partial charge in [0.25, 0.3) is 5.91 Å². The molecule has 0 aromatic carbocycles. The number of amides is 1. The predicted octanol–water partition coefficient (Wildman–Crippen LogP) is 2.55. The van der Waals surface area contributed by atoms with Crippen LogP contribution in [0.2, 0.25) is 5.02 Å². The summed E-state index contributed by atoms with van der Waals surface area (Å²) < 4.78 is 1.86. The molecule has 1 aliphatic rings. The van der Waals surface area contributed by atoms with E-state index in [1.54, 1.807) is 12.3 Å². The Bertz CT molecular complexity index is 444. The van der Waals surface area contributed by atoms with Gasteiger partial charge in [0, 0.05) is 24.8 Å². The molecule has 0 bridgehead atoms. The maximum atomic E-state index is 12.3. The molecule has 2 atom stereocenters. The van der Waals surface area contributed by atoms with Gasteiger partial charge in [-0.3, -0.25) is 4.79 Å². The van der Waals surface area contributed by atoms with Gasteiger partial charge in [0.1, 0.15) is 5.69 Å². The number of aromatic nitrogens is 1. The van der Waals surface area contributed by atoms with Gasteiger partial charge in [-0.1, -0.05) is 30.9 Å². The molecule has 3 N–H and O–H groups in total. The highest BCUT2D eigenvalue weighted by molar-refractivity contribution is 6.31. The normalized spacial score (nSPS) is 23.9. The lowest BCUT2D eigenvalue weighted by molar-refractivity contribution is 0.0919. The summed E-state index contributed by atoms with van der Waals surface area (Å²) in [6, 6.07) is 1.85. The maximum Gasteiger partial charge on any atom is 0.268 e. The molecule has 106 valence electrons. The van der Waals surface area contributed by atoms with Crippen LogP contribution in [0.4, 0.5) is 0 Å². The fraction of sp³-hybridized carbons (Fsp3) is 0.643. The quantitative estimate of drug-likeness (QED) is 0.838. The maximum absolute atomic E-state index is 12.3. The summed E-state index contributed by atoms with van der Waals surface area (Å²) >= 11 is 5.96. The molecule has 1 fully saturated rings. The zero-order valence-electron chi connectivity index (χ0n) is 11.4. The van der Waals surface area contributed by atoms with E-state index in [1.807, 2.05) is 11.5 Å². The zero-order valence-corrected chi connectivity index (χ0v) is 12.1. The van der Waals surface area contributed by atoms with Gasteiger partial charge < -0.3 is 15.6 Å². The van der Waals surface area contributed by atoms with Crippen molar-refractivity contribution < 1.29 is 4.79 Å². The predicted molar refractivity (Wildman–Crippen MR) is 77.4 cm³/mol. The van der Waals surface area contributed by atoms with Crippen molar-refractivity contribution in [3.05, 3.63) is 23.0 Å². The van der Waals surface area contributed by atoms with E-state index in [1.165, 1.54) is 6.42 Å². The third-order valence-corrected chi connectivity index (χ3v) is 4.03. The Balaban J connectivity index is 2.06. The highest BCUT2D eigenvalue weighted by Gasteiger charge is 2.23. The summed E-state index contributed by atoms with van der Waals surface area (Å²) in [5, 5.41) is 3.66. The summed E-state index contributed by atoms with van der Waals surface area (Å²) in [5.41, 5.74) is 6.75. The second-order valence-corrected chi connectivity index (χ2v) is 5.65. The zero-order chi connectivity index (χ0) is 13.8. The first-order chi connectivity index (χ1) is 9.11. The average molecular weight is 284 g/mol. The summed E-state index contributed by atoms with van der Waals surface area (Å²) in [6.45, 7) is 2.72. The van der Waals surface area contributed by atoms with Crippen molar-refractivity contribution in [3.8, 4) is 0 Å². The Morgan fingerprint density at radius 3 is 2.95 bits per heavy atom. The first-order valence-corrected chi connectivity index (χ1v) is 7.41. The topological polar surface area (TPSA) is 60.0 Å². The molecule has 0 spiro atoms. The van der Waals surface area contributed by atoms with Gasteiger partial charge in [-0.15, -0.1) is 0 Å². The molecule has 0 radical (unpaired) electrons. The second kappa shape index (κ2) is 6.44. The van der Waals surface area contributed by atoms with E-state index in [4.69, 9.17) is 17.3 Å². The number of carbonyl (C=O) groups is 1. The van der Waals surface area contributed by atoms with E-state index < -0.39 is 0 Å². The van der Waals surface area contributed by atoms with E-state index in [2.05, 4.69) is 5.32 Å². The van der Waals surface area contributed by atoms with Gasteiger partial charge in [-0.25, -0.2) is 0 Å². The number of hydrogen-bond acceptors (Lipinski definition) is 2. The molecule has 19 heavy (non-hydrogen) atoms. The number of halogens is 1. The summed E-state index contributed by atoms with van der Waals surface area (Å²) in [6.07, 6.45) is 7.23. The van der Waals surface area contributed by atoms with Gasteiger partial charge in [0.05, 0.1) is 5.02 Å². The molecular weight excluding hydrogens is 262 g/mol. The lowest BCUT2D eigenvalue weighted by Crippen LogP contribution is -2.47. The summed E-state index contributed by atoms with van der Waals surface area (Å²) in [7, 11) is 0. The number of rotatable bonds is 3. The largest absolute Gasteiger partial charge is 0.346 e. The minimum Gasteiger partial charge on any atom is -0.346 e. The van der Waals surface area contributed by atoms with Crippen molar-refractivity contribution in [2.45, 2.75) is 57.7 Å². The Morgan fingerprint density at radius 2 is 2.21 bits per heavy atom. The molecule has 2 unspecified atom stereocenters. The number of nitrogens with zero attached hydrogens (tertiary/aromatic N) is 1. The first kappa shape index (κ1) is 14.4. The molecule has 1 saturated carbocycles. The monoisotopic (exact) mass is 283 g/mol. The van der Waals surface area contributed by atoms with Crippen LogP contribution in [-0.4, -0.2) is 22.6 Å². The molecule has 1 heterocycles. The molecule has 1 aliphatic carbocycles. The number of nitrogens with two attached hydrogens (primary N) is 1. The van der Waals surface area contributed by atoms with E-state index in [0.29, 0.717) is 10.7 Å². The smallest absolute Gasteiger partial charge is 0.268 e. The van der Waals surface area contributed by atoms with Crippen LogP contribution >= 0.6 is 11.6 Å². The van der Waals surface area contributed by atoms with E-state index in [9.17, 15) is 4.79 Å². The van der Waals surface area contributed by atoms with Gasteiger partial charge in [-0.2, -0.15) is 0 Å². The highest BCUT2D eigenvalue weighted by atomic mass is 35.5. The summed E-state index contributed by atoms with van der Waals surface area (Å²) in [5.74, 6) is -0.0731. The second-order valence-electron chi connectivity index (χ2n) is 5.21. The SMILES string of the molecule is CCn1cc(Cl)cc1C(=O)NC1CCCCCC1N. The van der Waals surface area contributed by atoms with Crippen molar-refractivity contribution in [3.63, 3.8) is 0 Å². The minimum absolute atomic E-state index is 0.0620. The van der Waals surface area contributed by atoms with Crippen LogP contribution in [0, 0.1) is 0 Å². The number of carbonyl (C=O) groups excluding carboxylic acids is 1. The fourth-order valence-electron chi connectivity index (χ4n) is 2.68. The van der Waals surface area contributed by atoms with Crippen LogP contribution < -0.4 is 11.1 Å². The van der Waals surface area contributed by atoms with Gasteiger partial charge in [0.15, 0.2) is 0 Å². The standard InChI is InChI=1S/C14H22ClN3O/c1-2-18-9-10(15)8-13(18)14(19)17-12-7-5-3-4-6-11(12)16/h8-9,11-12H,2-7,16H2,1H3,(H,17,19). The van der Waals surface area contributed by atoms with Crippen LogP contribution in [0.1, 0.15) is 49.5 Å². The van der Waals surface area contributed by atoms with E-state index >= 15 is 0 Å². The molecule has 1 amide bonds. The van der Waals surface area contributed by atoms with Crippen molar-refractivity contribution in [2.24, 2.45) is 5.73 Å². The highest BCUT2D eigenvalue weighted by Crippen LogP contribution is 2.18. The molecule has 1 aromatic heterocycles. The Morgan fingerprint density at radius 1 is 1.47 bits per heavy atom. The average Bonchev–Trinajstić information content (AvgIpc) is 2.66. The van der Waals surface area contributed by atoms with Crippen LogP contribution in [0.5, 0.6) is 0 Å². The van der Waals surface area contributed by atoms with E-state index in [-0.39, 0.29) is 18.0 Å². The van der Waals surface area contributed by atoms with Crippen LogP contribution in [0.15, 0.2) is 12.3 Å². The van der Waals surface area contributed by atoms with Gasteiger partial charge in [-0.05, 0) is 25.8 Å². The Labute approximate surface area is 119 Å². The minimum atomic E-state index is -0.0731. The molecule has 1 aromatic rings. The van der Waals surface area contributed by atoms with E-state index in [0.717, 1.165) is 32.2 Å². The third-order valence-electron chi connectivity index (χ3n) is 3.82. The van der Waals surface area contributed by atoms with Crippen molar-refractivity contribution in [1.82, 2.24) is 9.88 Å². The van der Waals surface area contributed by atoms with Crippen molar-refractivity contribution >= 4 is 17.5 Å². The summed E-state index contributed by atoms with van der Waals surface area (Å²) in [4.78, 5) is 12.3. The molecular formula is C14H22ClN3O. The molecule has 5 heteroatoms. The number of hydrogen-bond donors (Lipinski definition) is 2. The first-order valence-electron chi connectivity index (χ1n) is 7.04. The van der Waals surface area contributed by atoms with Crippen LogP contribution in [0.3, 0.4) is 0 Å². The fourth-order valence-corrected chi connectivity index (χ4v) is 2.91. The number of aryl methyl sites for hydroxylation is 1. The van der Waals surface area contributed by atoms with Gasteiger partial charge in [0.2, 0.25) is 0 Å². The Kier molecular flexibility index (Phi) is 4.88. The van der Waals surface area contributed by atoms with Crippen molar-refractivity contribution in [2.75, 3.05) is 0 Å². The molecule has 0 saturated heterocycles. The van der Waals surface area contributed by atoms with Crippen LogP contribution in [0.25, 0.3) is 0 Å². The third kappa shape index (κ3) is 3.51. The lowest BCUT2D eigenvalue weighted by Gasteiger charge is -2.22. The Hall–Kier alpha value is -1.00. The van der Waals surface area contributed by atoms with Crippen molar-refractivity contribution in [1.29, 1.82) is 0 Å².